The first kappa shape index (κ1) is 14.5. The van der Waals surface area contributed by atoms with E-state index in [2.05, 4.69) is 30.8 Å². The van der Waals surface area contributed by atoms with Crippen LogP contribution in [0.3, 0.4) is 0 Å². The van der Waals surface area contributed by atoms with Crippen molar-refractivity contribution in [2.24, 2.45) is 0 Å². The molecular formula is C13H22N6O. The average molecular weight is 278 g/mol. The topological polar surface area (TPSA) is 98.8 Å². The first-order valence-electron chi connectivity index (χ1n) is 7.03. The lowest BCUT2D eigenvalue weighted by Gasteiger charge is -2.25. The third-order valence-electron chi connectivity index (χ3n) is 3.55. The Balaban J connectivity index is 2.25. The Kier molecular flexibility index (Phi) is 4.39. The summed E-state index contributed by atoms with van der Waals surface area (Å²) in [6, 6.07) is 0. The maximum absolute atomic E-state index is 10.3. The van der Waals surface area contributed by atoms with E-state index in [1.807, 2.05) is 20.8 Å². The van der Waals surface area contributed by atoms with E-state index in [1.54, 1.807) is 6.20 Å². The van der Waals surface area contributed by atoms with Crippen LogP contribution in [0.15, 0.2) is 6.20 Å². The first-order chi connectivity index (χ1) is 9.61. The molecule has 7 nitrogen and oxygen atoms in total. The summed E-state index contributed by atoms with van der Waals surface area (Å²) in [4.78, 5) is 8.76. The van der Waals surface area contributed by atoms with Gasteiger partial charge in [0.2, 0.25) is 5.95 Å². The van der Waals surface area contributed by atoms with Crippen LogP contribution in [-0.2, 0) is 0 Å². The van der Waals surface area contributed by atoms with E-state index in [1.165, 1.54) is 0 Å². The van der Waals surface area contributed by atoms with Crippen LogP contribution in [0, 0.1) is 0 Å². The summed E-state index contributed by atoms with van der Waals surface area (Å²) in [6.07, 6.45) is 3.07. The Morgan fingerprint density at radius 2 is 1.95 bits per heavy atom. The number of aromatic nitrogens is 4. The van der Waals surface area contributed by atoms with Crippen molar-refractivity contribution in [1.29, 1.82) is 0 Å². The molecule has 2 heterocycles. The zero-order valence-electron chi connectivity index (χ0n) is 12.2. The quantitative estimate of drug-likeness (QED) is 0.616. The molecule has 2 aromatic rings. The van der Waals surface area contributed by atoms with Gasteiger partial charge in [0, 0.05) is 13.1 Å². The van der Waals surface area contributed by atoms with Crippen LogP contribution in [0.2, 0.25) is 0 Å². The van der Waals surface area contributed by atoms with E-state index in [0.717, 1.165) is 11.9 Å². The minimum Gasteiger partial charge on any atom is -0.388 e. The maximum Gasteiger partial charge on any atom is 0.226 e. The minimum absolute atomic E-state index is 0.447. The predicted molar refractivity (Wildman–Crippen MR) is 79.9 cm³/mol. The van der Waals surface area contributed by atoms with Crippen molar-refractivity contribution < 1.29 is 5.11 Å². The van der Waals surface area contributed by atoms with Crippen molar-refractivity contribution in [2.45, 2.75) is 39.2 Å². The molecule has 0 amide bonds. The highest BCUT2D eigenvalue weighted by atomic mass is 16.3. The fourth-order valence-corrected chi connectivity index (χ4v) is 1.96. The predicted octanol–water partition coefficient (Wildman–Crippen LogP) is 1.75. The lowest BCUT2D eigenvalue weighted by Crippen LogP contribution is -2.35. The average Bonchev–Trinajstić information content (AvgIpc) is 2.93. The van der Waals surface area contributed by atoms with E-state index >= 15 is 0 Å². The standard InChI is InChI=1S/C13H22N6O/c1-4-13(20,5-2)8-15-10-9-7-16-19-11(9)18-12(17-10)14-6-3/h7,20H,4-6,8H2,1-3H3,(H3,14,15,16,17,18,19). The van der Waals surface area contributed by atoms with Gasteiger partial charge in [-0.3, -0.25) is 5.10 Å². The van der Waals surface area contributed by atoms with Gasteiger partial charge in [0.25, 0.3) is 0 Å². The van der Waals surface area contributed by atoms with Crippen LogP contribution in [0.4, 0.5) is 11.8 Å². The molecule has 0 saturated carbocycles. The van der Waals surface area contributed by atoms with Gasteiger partial charge in [-0.05, 0) is 19.8 Å². The summed E-state index contributed by atoms with van der Waals surface area (Å²) in [5, 5.41) is 24.3. The summed E-state index contributed by atoms with van der Waals surface area (Å²) < 4.78 is 0. The monoisotopic (exact) mass is 278 g/mol. The van der Waals surface area contributed by atoms with Gasteiger partial charge in [-0.1, -0.05) is 13.8 Å². The van der Waals surface area contributed by atoms with Crippen molar-refractivity contribution >= 4 is 22.8 Å². The molecule has 110 valence electrons. The molecular weight excluding hydrogens is 256 g/mol. The van der Waals surface area contributed by atoms with E-state index < -0.39 is 5.60 Å². The largest absolute Gasteiger partial charge is 0.388 e. The van der Waals surface area contributed by atoms with E-state index in [4.69, 9.17) is 0 Å². The maximum atomic E-state index is 10.3. The fraction of sp³-hybridized carbons (Fsp3) is 0.615. The molecule has 0 fully saturated rings. The number of nitrogens with one attached hydrogen (secondary N) is 3. The molecule has 2 rings (SSSR count). The molecule has 20 heavy (non-hydrogen) atoms. The lowest BCUT2D eigenvalue weighted by atomic mass is 9.98. The van der Waals surface area contributed by atoms with E-state index in [0.29, 0.717) is 36.8 Å². The van der Waals surface area contributed by atoms with Gasteiger partial charge < -0.3 is 15.7 Å². The minimum atomic E-state index is -0.723. The molecule has 0 aliphatic heterocycles. The fourth-order valence-electron chi connectivity index (χ4n) is 1.96. The highest BCUT2D eigenvalue weighted by Crippen LogP contribution is 2.22. The molecule has 0 aliphatic rings. The Morgan fingerprint density at radius 3 is 2.60 bits per heavy atom. The highest BCUT2D eigenvalue weighted by molar-refractivity contribution is 5.86. The third kappa shape index (κ3) is 2.98. The van der Waals surface area contributed by atoms with Crippen LogP contribution in [0.5, 0.6) is 0 Å². The van der Waals surface area contributed by atoms with Crippen LogP contribution in [-0.4, -0.2) is 44.0 Å². The molecule has 0 spiro atoms. The zero-order chi connectivity index (χ0) is 14.6. The van der Waals surface area contributed by atoms with Crippen LogP contribution in [0.1, 0.15) is 33.6 Å². The van der Waals surface area contributed by atoms with Gasteiger partial charge in [0.1, 0.15) is 5.82 Å². The van der Waals surface area contributed by atoms with E-state index in [-0.39, 0.29) is 0 Å². The number of nitrogens with zero attached hydrogens (tertiary/aromatic N) is 3. The van der Waals surface area contributed by atoms with Crippen molar-refractivity contribution in [2.75, 3.05) is 23.7 Å². The zero-order valence-corrected chi connectivity index (χ0v) is 12.2. The second-order valence-corrected chi connectivity index (χ2v) is 4.84. The number of fused-ring (bicyclic) bond motifs is 1. The van der Waals surface area contributed by atoms with Gasteiger partial charge in [0.05, 0.1) is 17.2 Å². The second kappa shape index (κ2) is 6.04. The molecule has 4 N–H and O–H groups in total. The number of aromatic amines is 1. The number of hydrogen-bond donors (Lipinski definition) is 4. The molecule has 2 aromatic heterocycles. The van der Waals surface area contributed by atoms with Crippen molar-refractivity contribution in [3.05, 3.63) is 6.20 Å². The van der Waals surface area contributed by atoms with Gasteiger partial charge in [-0.25, -0.2) is 0 Å². The highest BCUT2D eigenvalue weighted by Gasteiger charge is 2.22. The normalized spacial score (nSPS) is 11.8. The van der Waals surface area contributed by atoms with Gasteiger partial charge in [-0.2, -0.15) is 15.1 Å². The molecule has 0 bridgehead atoms. The summed E-state index contributed by atoms with van der Waals surface area (Å²) in [5.41, 5.74) is -0.0469. The van der Waals surface area contributed by atoms with Crippen LogP contribution < -0.4 is 10.6 Å². The first-order valence-corrected chi connectivity index (χ1v) is 7.03. The molecule has 0 aliphatic carbocycles. The number of aliphatic hydroxyl groups is 1. The van der Waals surface area contributed by atoms with Crippen LogP contribution in [0.25, 0.3) is 11.0 Å². The number of rotatable bonds is 7. The molecule has 0 unspecified atom stereocenters. The van der Waals surface area contributed by atoms with Gasteiger partial charge in [-0.15, -0.1) is 0 Å². The lowest BCUT2D eigenvalue weighted by molar-refractivity contribution is 0.0456. The summed E-state index contributed by atoms with van der Waals surface area (Å²) in [7, 11) is 0. The molecule has 7 heteroatoms. The Hall–Kier alpha value is -1.89. The molecule has 0 aromatic carbocycles. The Morgan fingerprint density at radius 1 is 1.20 bits per heavy atom. The smallest absolute Gasteiger partial charge is 0.226 e. The van der Waals surface area contributed by atoms with Crippen LogP contribution >= 0.6 is 0 Å². The summed E-state index contributed by atoms with van der Waals surface area (Å²) in [5.74, 6) is 1.23. The molecule has 0 radical (unpaired) electrons. The van der Waals surface area contributed by atoms with Crippen molar-refractivity contribution in [1.82, 2.24) is 20.2 Å². The summed E-state index contributed by atoms with van der Waals surface area (Å²) >= 11 is 0. The van der Waals surface area contributed by atoms with Crippen molar-refractivity contribution in [3.63, 3.8) is 0 Å². The second-order valence-electron chi connectivity index (χ2n) is 4.84. The number of anilines is 2. The number of hydrogen-bond acceptors (Lipinski definition) is 6. The molecule has 0 saturated heterocycles. The summed E-state index contributed by atoms with van der Waals surface area (Å²) in [6.45, 7) is 7.13. The van der Waals surface area contributed by atoms with Crippen molar-refractivity contribution in [3.8, 4) is 0 Å². The number of H-pyrrole nitrogens is 1. The van der Waals surface area contributed by atoms with Gasteiger partial charge in [0.15, 0.2) is 5.65 Å². The van der Waals surface area contributed by atoms with Gasteiger partial charge >= 0.3 is 0 Å². The molecule has 0 atom stereocenters. The van der Waals surface area contributed by atoms with E-state index in [9.17, 15) is 5.11 Å². The Labute approximate surface area is 118 Å². The third-order valence-corrected chi connectivity index (χ3v) is 3.55. The SMILES string of the molecule is CCNc1nc(NCC(O)(CC)CC)c2cn[nH]c2n1. The Bertz CT molecular complexity index is 563.